The number of nitrogens with two attached hydrogens (primary N) is 1. The summed E-state index contributed by atoms with van der Waals surface area (Å²) >= 11 is 0. The largest absolute Gasteiger partial charge is 0.508 e. The van der Waals surface area contributed by atoms with E-state index >= 15 is 0 Å². The van der Waals surface area contributed by atoms with Crippen LogP contribution in [0.1, 0.15) is 45.7 Å². The lowest BCUT2D eigenvalue weighted by atomic mass is 10.00. The number of benzene rings is 1. The van der Waals surface area contributed by atoms with Crippen LogP contribution in [0.4, 0.5) is 0 Å². The summed E-state index contributed by atoms with van der Waals surface area (Å²) in [5.41, 5.74) is 7.47. The molecule has 19 heavy (non-hydrogen) atoms. The average Bonchev–Trinajstić information content (AvgIpc) is 2.17. The molecule has 0 saturated carbocycles. The Hall–Kier alpha value is -1.19. The van der Waals surface area contributed by atoms with Crippen molar-refractivity contribution in [2.75, 3.05) is 0 Å². The van der Waals surface area contributed by atoms with Crippen LogP contribution in [-0.2, 0) is 0 Å². The lowest BCUT2D eigenvalue weighted by molar-refractivity contribution is 0.130. The molecule has 3 nitrogen and oxygen atoms in total. The van der Waals surface area contributed by atoms with E-state index in [4.69, 9.17) is 10.5 Å². The molecule has 0 aromatic heterocycles. The topological polar surface area (TPSA) is 55.5 Å². The maximum atomic E-state index is 9.85. The van der Waals surface area contributed by atoms with Crippen LogP contribution < -0.4 is 10.5 Å². The van der Waals surface area contributed by atoms with Gasteiger partial charge in [-0.3, -0.25) is 0 Å². The van der Waals surface area contributed by atoms with Gasteiger partial charge in [0, 0.05) is 11.6 Å². The normalized spacial score (nSPS) is 12.5. The Bertz CT molecular complexity index is 438. The molecule has 1 atom stereocenters. The first-order valence-electron chi connectivity index (χ1n) is 6.11. The van der Waals surface area contributed by atoms with Crippen molar-refractivity contribution in [3.05, 3.63) is 35.9 Å². The van der Waals surface area contributed by atoms with Gasteiger partial charge in [-0.25, -0.2) is 0 Å². The van der Waals surface area contributed by atoms with Crippen LogP contribution in [0.2, 0.25) is 0 Å². The van der Waals surface area contributed by atoms with E-state index in [0.29, 0.717) is 17.7 Å². The predicted molar refractivity (Wildman–Crippen MR) is 82.1 cm³/mol. The van der Waals surface area contributed by atoms with E-state index in [2.05, 4.69) is 6.58 Å². The van der Waals surface area contributed by atoms with Crippen molar-refractivity contribution in [2.45, 2.75) is 45.8 Å². The van der Waals surface area contributed by atoms with Crippen LogP contribution in [0, 0.1) is 0 Å². The van der Waals surface area contributed by atoms with Crippen molar-refractivity contribution in [1.29, 1.82) is 0 Å². The van der Waals surface area contributed by atoms with Crippen LogP contribution in [0.15, 0.2) is 30.4 Å². The fraction of sp³-hybridized carbons (Fsp3) is 0.467. The second kappa shape index (κ2) is 6.83. The molecule has 0 spiro atoms. The van der Waals surface area contributed by atoms with Gasteiger partial charge in [0.15, 0.2) is 0 Å². The van der Waals surface area contributed by atoms with Crippen LogP contribution in [0.3, 0.4) is 0 Å². The zero-order chi connectivity index (χ0) is 13.9. The summed E-state index contributed by atoms with van der Waals surface area (Å²) in [6.07, 6.45) is 0.645. The molecule has 4 heteroatoms. The average molecular weight is 286 g/mol. The molecule has 0 bridgehead atoms. The van der Waals surface area contributed by atoms with Crippen molar-refractivity contribution in [2.24, 2.45) is 5.73 Å². The van der Waals surface area contributed by atoms with Gasteiger partial charge in [-0.1, -0.05) is 5.57 Å². The summed E-state index contributed by atoms with van der Waals surface area (Å²) in [5, 5.41) is 9.85. The highest BCUT2D eigenvalue weighted by molar-refractivity contribution is 5.85. The molecule has 1 rings (SSSR count). The predicted octanol–water partition coefficient (Wildman–Crippen LogP) is 3.96. The maximum Gasteiger partial charge on any atom is 0.120 e. The number of ether oxygens (including phenoxy) is 1. The second-order valence-electron chi connectivity index (χ2n) is 5.70. The zero-order valence-corrected chi connectivity index (χ0v) is 12.9. The minimum absolute atomic E-state index is 0. The number of hydrogen-bond acceptors (Lipinski definition) is 3. The lowest BCUT2D eigenvalue weighted by Gasteiger charge is -2.23. The maximum absolute atomic E-state index is 9.85. The van der Waals surface area contributed by atoms with Gasteiger partial charge in [0.1, 0.15) is 17.1 Å². The number of phenols is 1. The Labute approximate surface area is 121 Å². The van der Waals surface area contributed by atoms with Gasteiger partial charge in [-0.15, -0.1) is 19.0 Å². The van der Waals surface area contributed by atoms with Crippen molar-refractivity contribution >= 4 is 12.4 Å². The molecule has 0 heterocycles. The van der Waals surface area contributed by atoms with Crippen LogP contribution >= 0.6 is 12.4 Å². The third kappa shape index (κ3) is 5.99. The number of phenolic OH excluding ortho intramolecular Hbond substituents is 1. The molecule has 108 valence electrons. The van der Waals surface area contributed by atoms with Crippen molar-refractivity contribution < 1.29 is 9.84 Å². The first kappa shape index (κ1) is 17.8. The molecule has 0 aliphatic carbocycles. The highest BCUT2D eigenvalue weighted by Gasteiger charge is 2.16. The Morgan fingerprint density at radius 1 is 1.42 bits per heavy atom. The Morgan fingerprint density at radius 3 is 2.47 bits per heavy atom. The van der Waals surface area contributed by atoms with Gasteiger partial charge in [0.2, 0.25) is 0 Å². The van der Waals surface area contributed by atoms with E-state index in [0.717, 1.165) is 5.57 Å². The van der Waals surface area contributed by atoms with Gasteiger partial charge in [0.25, 0.3) is 0 Å². The van der Waals surface area contributed by atoms with Gasteiger partial charge < -0.3 is 15.6 Å². The summed E-state index contributed by atoms with van der Waals surface area (Å²) in [5.74, 6) is 0.914. The zero-order valence-electron chi connectivity index (χ0n) is 12.1. The molecule has 0 amide bonds. The highest BCUT2D eigenvalue weighted by atomic mass is 35.5. The SMILES string of the molecule is C=C(C)C[C@H](N)c1cc(OC(C)(C)C)ccc1O.Cl. The monoisotopic (exact) mass is 285 g/mol. The summed E-state index contributed by atoms with van der Waals surface area (Å²) in [7, 11) is 0. The molecule has 0 aliphatic heterocycles. The molecule has 1 aromatic carbocycles. The molecular formula is C15H24ClNO2. The number of hydrogen-bond donors (Lipinski definition) is 2. The van der Waals surface area contributed by atoms with E-state index in [9.17, 15) is 5.11 Å². The molecule has 0 radical (unpaired) electrons. The summed E-state index contributed by atoms with van der Waals surface area (Å²) in [4.78, 5) is 0. The van der Waals surface area contributed by atoms with Crippen LogP contribution in [0.5, 0.6) is 11.5 Å². The quantitative estimate of drug-likeness (QED) is 0.824. The standard InChI is InChI=1S/C15H23NO2.ClH/c1-10(2)8-13(16)12-9-11(6-7-14(12)17)18-15(3,4)5;/h6-7,9,13,17H,1,8,16H2,2-5H3;1H/t13-;/m0./s1. The summed E-state index contributed by atoms with van der Waals surface area (Å²) in [6.45, 7) is 11.7. The Kier molecular flexibility index (Phi) is 6.40. The van der Waals surface area contributed by atoms with Gasteiger partial charge in [-0.2, -0.15) is 0 Å². The van der Waals surface area contributed by atoms with E-state index in [1.165, 1.54) is 0 Å². The minimum atomic E-state index is -0.271. The number of rotatable bonds is 4. The molecule has 0 unspecified atom stereocenters. The molecule has 0 aliphatic rings. The third-order valence-electron chi connectivity index (χ3n) is 2.39. The Morgan fingerprint density at radius 2 is 2.00 bits per heavy atom. The Balaban J connectivity index is 0.00000324. The minimum Gasteiger partial charge on any atom is -0.508 e. The summed E-state index contributed by atoms with van der Waals surface area (Å²) < 4.78 is 5.76. The fourth-order valence-corrected chi connectivity index (χ4v) is 1.73. The van der Waals surface area contributed by atoms with E-state index in [1.807, 2.05) is 27.7 Å². The van der Waals surface area contributed by atoms with Gasteiger partial charge >= 0.3 is 0 Å². The van der Waals surface area contributed by atoms with Crippen molar-refractivity contribution in [3.63, 3.8) is 0 Å². The molecular weight excluding hydrogens is 262 g/mol. The molecule has 3 N–H and O–H groups in total. The van der Waals surface area contributed by atoms with Crippen LogP contribution in [-0.4, -0.2) is 10.7 Å². The molecule has 0 fully saturated rings. The number of aromatic hydroxyl groups is 1. The van der Waals surface area contributed by atoms with Crippen molar-refractivity contribution in [3.8, 4) is 11.5 Å². The van der Waals surface area contributed by atoms with Crippen molar-refractivity contribution in [1.82, 2.24) is 0 Å². The first-order valence-corrected chi connectivity index (χ1v) is 6.11. The van der Waals surface area contributed by atoms with E-state index in [-0.39, 0.29) is 29.8 Å². The number of halogens is 1. The lowest BCUT2D eigenvalue weighted by Crippen LogP contribution is -2.23. The first-order chi connectivity index (χ1) is 8.19. The second-order valence-corrected chi connectivity index (χ2v) is 5.70. The summed E-state index contributed by atoms with van der Waals surface area (Å²) in [6, 6.07) is 4.91. The van der Waals surface area contributed by atoms with Gasteiger partial charge in [0.05, 0.1) is 0 Å². The third-order valence-corrected chi connectivity index (χ3v) is 2.39. The smallest absolute Gasteiger partial charge is 0.120 e. The molecule has 0 saturated heterocycles. The molecule has 1 aromatic rings. The fourth-order valence-electron chi connectivity index (χ4n) is 1.73. The van der Waals surface area contributed by atoms with Crippen LogP contribution in [0.25, 0.3) is 0 Å². The van der Waals surface area contributed by atoms with E-state index < -0.39 is 0 Å². The van der Waals surface area contributed by atoms with Gasteiger partial charge in [-0.05, 0) is 52.3 Å². The highest BCUT2D eigenvalue weighted by Crippen LogP contribution is 2.31. The van der Waals surface area contributed by atoms with E-state index in [1.54, 1.807) is 18.2 Å².